The zero-order chi connectivity index (χ0) is 18.1. The first-order chi connectivity index (χ1) is 11.8. The molecule has 130 valence electrons. The summed E-state index contributed by atoms with van der Waals surface area (Å²) < 4.78 is 21.0. The Bertz CT molecular complexity index is 965. The molecule has 0 spiro atoms. The molecule has 1 amide bonds. The molecule has 0 saturated heterocycles. The molecule has 0 aliphatic heterocycles. The van der Waals surface area contributed by atoms with Gasteiger partial charge in [0.05, 0.1) is 11.1 Å². The molecule has 0 atom stereocenters. The average Bonchev–Trinajstić information content (AvgIpc) is 2.84. The number of hydrogen-bond acceptors (Lipinski definition) is 4. The Kier molecular flexibility index (Phi) is 4.39. The number of benzene rings is 1. The van der Waals surface area contributed by atoms with Crippen LogP contribution in [0.1, 0.15) is 16.8 Å². The van der Waals surface area contributed by atoms with Crippen molar-refractivity contribution in [2.75, 3.05) is 11.9 Å². The third kappa shape index (κ3) is 3.45. The molecule has 6 nitrogen and oxygen atoms in total. The molecular formula is C18H19FN4O2. The third-order valence-corrected chi connectivity index (χ3v) is 3.83. The standard InChI is InChI=1S/C18H19FN4O2/c1-10-5-6-14(13(19)7-10)21-15(24)9-25-18-16-11(2)8-12(3)20-17(16)23(4)22-18/h5-8H,9H2,1-4H3,(H,21,24). The Labute approximate surface area is 144 Å². The minimum atomic E-state index is -0.479. The number of carbonyl (C=O) groups excluding carboxylic acids is 1. The molecule has 1 aromatic carbocycles. The van der Waals surface area contributed by atoms with Gasteiger partial charge in [0.2, 0.25) is 5.88 Å². The van der Waals surface area contributed by atoms with Crippen molar-refractivity contribution in [3.63, 3.8) is 0 Å². The summed E-state index contributed by atoms with van der Waals surface area (Å²) in [6, 6.07) is 6.54. The van der Waals surface area contributed by atoms with Crippen LogP contribution in [0.15, 0.2) is 24.3 Å². The van der Waals surface area contributed by atoms with Gasteiger partial charge in [-0.05, 0) is 50.1 Å². The number of aromatic nitrogens is 3. The van der Waals surface area contributed by atoms with Crippen molar-refractivity contribution in [1.82, 2.24) is 14.8 Å². The monoisotopic (exact) mass is 342 g/mol. The molecule has 1 N–H and O–H groups in total. The van der Waals surface area contributed by atoms with Crippen molar-refractivity contribution in [2.45, 2.75) is 20.8 Å². The van der Waals surface area contributed by atoms with Gasteiger partial charge in [-0.1, -0.05) is 6.07 Å². The number of fused-ring (bicyclic) bond motifs is 1. The van der Waals surface area contributed by atoms with Crippen LogP contribution >= 0.6 is 0 Å². The average molecular weight is 342 g/mol. The number of hydrogen-bond donors (Lipinski definition) is 1. The van der Waals surface area contributed by atoms with Crippen LogP contribution in [0.25, 0.3) is 11.0 Å². The Hall–Kier alpha value is -2.96. The number of nitrogens with one attached hydrogen (secondary N) is 1. The minimum absolute atomic E-state index is 0.124. The summed E-state index contributed by atoms with van der Waals surface area (Å²) in [6.45, 7) is 5.35. The molecule has 0 bridgehead atoms. The lowest BCUT2D eigenvalue weighted by molar-refractivity contribution is -0.118. The van der Waals surface area contributed by atoms with Crippen LogP contribution in [-0.4, -0.2) is 27.3 Å². The first kappa shape index (κ1) is 16.9. The smallest absolute Gasteiger partial charge is 0.262 e. The Morgan fingerprint density at radius 2 is 2.04 bits per heavy atom. The van der Waals surface area contributed by atoms with E-state index in [0.29, 0.717) is 11.5 Å². The molecule has 0 aliphatic rings. The molecule has 7 heteroatoms. The highest BCUT2D eigenvalue weighted by Crippen LogP contribution is 2.27. The fourth-order valence-electron chi connectivity index (χ4n) is 2.69. The number of halogens is 1. The molecule has 3 aromatic rings. The predicted octanol–water partition coefficient (Wildman–Crippen LogP) is 3.05. The SMILES string of the molecule is Cc1ccc(NC(=O)COc2nn(C)c3nc(C)cc(C)c23)c(F)c1. The highest BCUT2D eigenvalue weighted by Gasteiger charge is 2.16. The second-order valence-electron chi connectivity index (χ2n) is 6.03. The lowest BCUT2D eigenvalue weighted by Gasteiger charge is -2.08. The van der Waals surface area contributed by atoms with Crippen molar-refractivity contribution in [2.24, 2.45) is 7.05 Å². The summed E-state index contributed by atoms with van der Waals surface area (Å²) in [5.74, 6) is -0.603. The van der Waals surface area contributed by atoms with Gasteiger partial charge in [0.1, 0.15) is 5.82 Å². The molecule has 3 rings (SSSR count). The number of amides is 1. The van der Waals surface area contributed by atoms with Crippen molar-refractivity contribution in [3.8, 4) is 5.88 Å². The van der Waals surface area contributed by atoms with Gasteiger partial charge in [0, 0.05) is 12.7 Å². The number of nitrogens with zero attached hydrogens (tertiary/aromatic N) is 3. The second-order valence-corrected chi connectivity index (χ2v) is 6.03. The number of carbonyl (C=O) groups is 1. The van der Waals surface area contributed by atoms with Gasteiger partial charge in [-0.15, -0.1) is 5.10 Å². The maximum absolute atomic E-state index is 13.8. The van der Waals surface area contributed by atoms with E-state index in [1.807, 2.05) is 19.9 Å². The van der Waals surface area contributed by atoms with Crippen LogP contribution in [0.3, 0.4) is 0 Å². The van der Waals surface area contributed by atoms with Gasteiger partial charge in [-0.2, -0.15) is 0 Å². The molecule has 0 aliphatic carbocycles. The number of anilines is 1. The fraction of sp³-hybridized carbons (Fsp3) is 0.278. The summed E-state index contributed by atoms with van der Waals surface area (Å²) in [4.78, 5) is 16.5. The third-order valence-electron chi connectivity index (χ3n) is 3.83. The Morgan fingerprint density at radius 1 is 1.28 bits per heavy atom. The number of rotatable bonds is 4. The minimum Gasteiger partial charge on any atom is -0.466 e. The van der Waals surface area contributed by atoms with E-state index in [9.17, 15) is 9.18 Å². The van der Waals surface area contributed by atoms with Crippen LogP contribution < -0.4 is 10.1 Å². The molecule has 0 unspecified atom stereocenters. The number of ether oxygens (including phenoxy) is 1. The summed E-state index contributed by atoms with van der Waals surface area (Å²) in [5, 5.41) is 7.54. The highest BCUT2D eigenvalue weighted by atomic mass is 19.1. The van der Waals surface area contributed by atoms with Crippen molar-refractivity contribution < 1.29 is 13.9 Å². The second kappa shape index (κ2) is 6.51. The molecule has 0 radical (unpaired) electrons. The van der Waals surface area contributed by atoms with E-state index < -0.39 is 11.7 Å². The first-order valence-electron chi connectivity index (χ1n) is 7.85. The van der Waals surface area contributed by atoms with Crippen LogP contribution in [0.2, 0.25) is 0 Å². The molecule has 2 heterocycles. The van der Waals surface area contributed by atoms with E-state index in [2.05, 4.69) is 15.4 Å². The van der Waals surface area contributed by atoms with E-state index in [1.54, 1.807) is 24.7 Å². The first-order valence-corrected chi connectivity index (χ1v) is 7.85. The van der Waals surface area contributed by atoms with Gasteiger partial charge < -0.3 is 10.1 Å². The van der Waals surface area contributed by atoms with E-state index in [-0.39, 0.29) is 12.3 Å². The van der Waals surface area contributed by atoms with E-state index in [1.165, 1.54) is 12.1 Å². The largest absolute Gasteiger partial charge is 0.466 e. The number of aryl methyl sites for hydroxylation is 4. The maximum Gasteiger partial charge on any atom is 0.262 e. The molecular weight excluding hydrogens is 323 g/mol. The molecule has 0 fully saturated rings. The van der Waals surface area contributed by atoms with Crippen molar-refractivity contribution in [3.05, 3.63) is 46.9 Å². The number of pyridine rings is 1. The normalized spacial score (nSPS) is 10.9. The van der Waals surface area contributed by atoms with Crippen LogP contribution in [0, 0.1) is 26.6 Å². The zero-order valence-corrected chi connectivity index (χ0v) is 14.6. The lowest BCUT2D eigenvalue weighted by Crippen LogP contribution is -2.21. The van der Waals surface area contributed by atoms with Gasteiger partial charge in [0.15, 0.2) is 12.3 Å². The topological polar surface area (TPSA) is 69.0 Å². The summed E-state index contributed by atoms with van der Waals surface area (Å²) >= 11 is 0. The Balaban J connectivity index is 1.75. The van der Waals surface area contributed by atoms with E-state index in [0.717, 1.165) is 22.2 Å². The van der Waals surface area contributed by atoms with Gasteiger partial charge in [-0.3, -0.25) is 4.79 Å². The quantitative estimate of drug-likeness (QED) is 0.791. The zero-order valence-electron chi connectivity index (χ0n) is 14.6. The maximum atomic E-state index is 13.8. The van der Waals surface area contributed by atoms with E-state index in [4.69, 9.17) is 4.74 Å². The van der Waals surface area contributed by atoms with Crippen LogP contribution in [0.4, 0.5) is 10.1 Å². The summed E-state index contributed by atoms with van der Waals surface area (Å²) in [5.41, 5.74) is 3.45. The molecule has 25 heavy (non-hydrogen) atoms. The van der Waals surface area contributed by atoms with Gasteiger partial charge >= 0.3 is 0 Å². The van der Waals surface area contributed by atoms with Crippen molar-refractivity contribution in [1.29, 1.82) is 0 Å². The predicted molar refractivity (Wildman–Crippen MR) is 93.2 cm³/mol. The fourth-order valence-corrected chi connectivity index (χ4v) is 2.69. The van der Waals surface area contributed by atoms with Crippen LogP contribution in [-0.2, 0) is 11.8 Å². The van der Waals surface area contributed by atoms with Gasteiger partial charge in [-0.25, -0.2) is 14.1 Å². The summed E-state index contributed by atoms with van der Waals surface area (Å²) in [7, 11) is 1.77. The van der Waals surface area contributed by atoms with E-state index >= 15 is 0 Å². The van der Waals surface area contributed by atoms with Crippen LogP contribution in [0.5, 0.6) is 5.88 Å². The molecule has 0 saturated carbocycles. The Morgan fingerprint density at radius 3 is 2.76 bits per heavy atom. The molecule has 2 aromatic heterocycles. The van der Waals surface area contributed by atoms with Crippen molar-refractivity contribution >= 4 is 22.6 Å². The lowest BCUT2D eigenvalue weighted by atomic mass is 10.2. The van der Waals surface area contributed by atoms with Gasteiger partial charge in [0.25, 0.3) is 5.91 Å². The summed E-state index contributed by atoms with van der Waals surface area (Å²) in [6.07, 6.45) is 0. The highest BCUT2D eigenvalue weighted by molar-refractivity contribution is 5.92.